The van der Waals surface area contributed by atoms with Crippen LogP contribution in [-0.2, 0) is 5.41 Å². The van der Waals surface area contributed by atoms with Crippen molar-refractivity contribution in [3.8, 4) is 5.75 Å². The van der Waals surface area contributed by atoms with Crippen LogP contribution in [0.1, 0.15) is 46.1 Å². The average Bonchev–Trinajstić information content (AvgIpc) is 2.28. The van der Waals surface area contributed by atoms with E-state index in [0.29, 0.717) is 0 Å². The molecule has 0 unspecified atom stereocenters. The minimum Gasteiger partial charge on any atom is -0.493 e. The summed E-state index contributed by atoms with van der Waals surface area (Å²) in [5, 5.41) is 0. The normalized spacial score (nSPS) is 12.0. The molecule has 1 aromatic carbocycles. The van der Waals surface area contributed by atoms with E-state index in [1.54, 1.807) is 0 Å². The summed E-state index contributed by atoms with van der Waals surface area (Å²) in [4.78, 5) is 0. The largest absolute Gasteiger partial charge is 0.493 e. The molecule has 1 heteroatoms. The van der Waals surface area contributed by atoms with Crippen LogP contribution in [0.25, 0.3) is 0 Å². The van der Waals surface area contributed by atoms with E-state index in [2.05, 4.69) is 64.1 Å². The Morgan fingerprint density at radius 2 is 1.71 bits per heavy atom. The number of hydrogen-bond donors (Lipinski definition) is 0. The van der Waals surface area contributed by atoms with Gasteiger partial charge in [0, 0.05) is 0 Å². The fraction of sp³-hybridized carbons (Fsp3) is 0.500. The van der Waals surface area contributed by atoms with Crippen molar-refractivity contribution in [3.05, 3.63) is 42.0 Å². The Hall–Kier alpha value is -1.24. The van der Waals surface area contributed by atoms with Gasteiger partial charge in [0.25, 0.3) is 0 Å². The Bertz CT molecular complexity index is 341. The van der Waals surface area contributed by atoms with Gasteiger partial charge in [0.15, 0.2) is 0 Å². The molecule has 0 heterocycles. The first-order chi connectivity index (χ1) is 8.04. The summed E-state index contributed by atoms with van der Waals surface area (Å²) in [6.07, 6.45) is 6.42. The molecule has 0 spiro atoms. The molecule has 0 N–H and O–H groups in total. The lowest BCUT2D eigenvalue weighted by Gasteiger charge is -2.19. The molecule has 0 atom stereocenters. The molecule has 1 aromatic rings. The summed E-state index contributed by atoms with van der Waals surface area (Å²) in [7, 11) is 0. The van der Waals surface area contributed by atoms with Crippen molar-refractivity contribution in [2.24, 2.45) is 0 Å². The lowest BCUT2D eigenvalue weighted by atomic mass is 9.87. The van der Waals surface area contributed by atoms with Crippen LogP contribution in [0.3, 0.4) is 0 Å². The van der Waals surface area contributed by atoms with Gasteiger partial charge in [0.1, 0.15) is 5.75 Å². The van der Waals surface area contributed by atoms with Gasteiger partial charge in [0.05, 0.1) is 6.61 Å². The fourth-order valence-electron chi connectivity index (χ4n) is 1.58. The van der Waals surface area contributed by atoms with Gasteiger partial charge in [0.2, 0.25) is 0 Å². The van der Waals surface area contributed by atoms with Crippen LogP contribution in [-0.4, -0.2) is 6.61 Å². The first-order valence-electron chi connectivity index (χ1n) is 6.42. The van der Waals surface area contributed by atoms with E-state index >= 15 is 0 Å². The monoisotopic (exact) mass is 232 g/mol. The first kappa shape index (κ1) is 13.8. The SMILES string of the molecule is CCC=CCCOc1ccc(C(C)(C)C)cc1. The minimum atomic E-state index is 0.211. The Kier molecular flexibility index (Phi) is 5.27. The van der Waals surface area contributed by atoms with Gasteiger partial charge < -0.3 is 4.74 Å². The predicted molar refractivity (Wildman–Crippen MR) is 74.7 cm³/mol. The molecule has 0 amide bonds. The van der Waals surface area contributed by atoms with E-state index in [1.807, 2.05) is 0 Å². The van der Waals surface area contributed by atoms with Crippen LogP contribution in [0.15, 0.2) is 36.4 Å². The van der Waals surface area contributed by atoms with Gasteiger partial charge in [-0.3, -0.25) is 0 Å². The maximum absolute atomic E-state index is 5.67. The van der Waals surface area contributed by atoms with E-state index < -0.39 is 0 Å². The zero-order valence-electron chi connectivity index (χ0n) is 11.5. The van der Waals surface area contributed by atoms with E-state index in [4.69, 9.17) is 4.74 Å². The summed E-state index contributed by atoms with van der Waals surface area (Å²) >= 11 is 0. The van der Waals surface area contributed by atoms with Crippen LogP contribution in [0.2, 0.25) is 0 Å². The molecular formula is C16H24O. The third-order valence-electron chi connectivity index (χ3n) is 2.68. The highest BCUT2D eigenvalue weighted by Gasteiger charge is 2.12. The molecule has 0 aromatic heterocycles. The van der Waals surface area contributed by atoms with Crippen molar-refractivity contribution in [2.75, 3.05) is 6.61 Å². The molecule has 0 radical (unpaired) electrons. The lowest BCUT2D eigenvalue weighted by Crippen LogP contribution is -2.10. The molecule has 0 saturated carbocycles. The lowest BCUT2D eigenvalue weighted by molar-refractivity contribution is 0.324. The van der Waals surface area contributed by atoms with E-state index in [1.165, 1.54) is 5.56 Å². The molecule has 0 bridgehead atoms. The summed E-state index contributed by atoms with van der Waals surface area (Å²) in [6, 6.07) is 8.42. The van der Waals surface area contributed by atoms with Gasteiger partial charge in [-0.1, -0.05) is 52.0 Å². The standard InChI is InChI=1S/C16H24O/c1-5-6-7-8-13-17-15-11-9-14(10-12-15)16(2,3)4/h6-7,9-12H,5,8,13H2,1-4H3. The number of benzene rings is 1. The molecule has 1 rings (SSSR count). The van der Waals surface area contributed by atoms with Crippen LogP contribution in [0.4, 0.5) is 0 Å². The molecular weight excluding hydrogens is 208 g/mol. The van der Waals surface area contributed by atoms with Crippen LogP contribution in [0.5, 0.6) is 5.75 Å². The maximum Gasteiger partial charge on any atom is 0.119 e. The molecule has 1 nitrogen and oxygen atoms in total. The smallest absolute Gasteiger partial charge is 0.119 e. The second kappa shape index (κ2) is 6.48. The van der Waals surface area contributed by atoms with Gasteiger partial charge in [-0.15, -0.1) is 0 Å². The highest BCUT2D eigenvalue weighted by molar-refractivity contribution is 5.31. The number of allylic oxidation sites excluding steroid dienone is 1. The Morgan fingerprint density at radius 3 is 2.24 bits per heavy atom. The van der Waals surface area contributed by atoms with Crippen LogP contribution in [0, 0.1) is 0 Å². The van der Waals surface area contributed by atoms with Crippen LogP contribution < -0.4 is 4.74 Å². The Balaban J connectivity index is 2.43. The topological polar surface area (TPSA) is 9.23 Å². The van der Waals surface area contributed by atoms with Crippen molar-refractivity contribution in [1.82, 2.24) is 0 Å². The van der Waals surface area contributed by atoms with Crippen molar-refractivity contribution in [1.29, 1.82) is 0 Å². The summed E-state index contributed by atoms with van der Waals surface area (Å²) < 4.78 is 5.67. The first-order valence-corrected chi connectivity index (χ1v) is 6.42. The second-order valence-corrected chi connectivity index (χ2v) is 5.29. The highest BCUT2D eigenvalue weighted by Crippen LogP contribution is 2.24. The maximum atomic E-state index is 5.67. The van der Waals surface area contributed by atoms with Gasteiger partial charge >= 0.3 is 0 Å². The molecule has 94 valence electrons. The minimum absolute atomic E-state index is 0.211. The molecule has 0 aliphatic carbocycles. The van der Waals surface area contributed by atoms with Gasteiger partial charge in [-0.05, 0) is 36.0 Å². The van der Waals surface area contributed by atoms with E-state index in [9.17, 15) is 0 Å². The van der Waals surface area contributed by atoms with Crippen molar-refractivity contribution >= 4 is 0 Å². The number of rotatable bonds is 5. The molecule has 0 aliphatic rings. The quantitative estimate of drug-likeness (QED) is 0.527. The molecule has 17 heavy (non-hydrogen) atoms. The highest BCUT2D eigenvalue weighted by atomic mass is 16.5. The third-order valence-corrected chi connectivity index (χ3v) is 2.68. The predicted octanol–water partition coefficient (Wildman–Crippen LogP) is 4.72. The van der Waals surface area contributed by atoms with Crippen molar-refractivity contribution in [3.63, 3.8) is 0 Å². The van der Waals surface area contributed by atoms with Gasteiger partial charge in [-0.25, -0.2) is 0 Å². The Morgan fingerprint density at radius 1 is 1.06 bits per heavy atom. The summed E-state index contributed by atoms with van der Waals surface area (Å²) in [5.74, 6) is 0.961. The van der Waals surface area contributed by atoms with E-state index in [-0.39, 0.29) is 5.41 Å². The number of ether oxygens (including phenoxy) is 1. The average molecular weight is 232 g/mol. The zero-order chi connectivity index (χ0) is 12.7. The Labute approximate surface area is 106 Å². The summed E-state index contributed by atoms with van der Waals surface area (Å²) in [5.41, 5.74) is 1.55. The molecule has 0 aliphatic heterocycles. The third kappa shape index (κ3) is 5.08. The van der Waals surface area contributed by atoms with Gasteiger partial charge in [-0.2, -0.15) is 0 Å². The second-order valence-electron chi connectivity index (χ2n) is 5.29. The fourth-order valence-corrected chi connectivity index (χ4v) is 1.58. The van der Waals surface area contributed by atoms with E-state index in [0.717, 1.165) is 25.2 Å². The number of hydrogen-bond acceptors (Lipinski definition) is 1. The van der Waals surface area contributed by atoms with Crippen LogP contribution >= 0.6 is 0 Å². The van der Waals surface area contributed by atoms with Crippen molar-refractivity contribution in [2.45, 2.75) is 46.0 Å². The zero-order valence-corrected chi connectivity index (χ0v) is 11.5. The van der Waals surface area contributed by atoms with Crippen molar-refractivity contribution < 1.29 is 4.74 Å². The summed E-state index contributed by atoms with van der Waals surface area (Å²) in [6.45, 7) is 9.56. The molecule has 0 saturated heterocycles. The molecule has 0 fully saturated rings.